The van der Waals surface area contributed by atoms with Gasteiger partial charge in [-0.2, -0.15) is 5.10 Å². The van der Waals surface area contributed by atoms with Crippen molar-refractivity contribution in [2.45, 2.75) is 52.6 Å². The van der Waals surface area contributed by atoms with Gasteiger partial charge in [-0.05, 0) is 30.4 Å². The Hall–Kier alpha value is -1.34. The fourth-order valence-electron chi connectivity index (χ4n) is 2.30. The van der Waals surface area contributed by atoms with E-state index in [-0.39, 0.29) is 6.04 Å². The van der Waals surface area contributed by atoms with Crippen LogP contribution in [-0.2, 0) is 13.0 Å². The Balaban J connectivity index is 2.20. The average molecular weight is 308 g/mol. The number of nitrogens with zero attached hydrogens (tertiary/aromatic N) is 5. The molecule has 7 heteroatoms. The molecule has 0 saturated carbocycles. The van der Waals surface area contributed by atoms with E-state index >= 15 is 0 Å². The van der Waals surface area contributed by atoms with Gasteiger partial charge in [0, 0.05) is 13.0 Å². The lowest BCUT2D eigenvalue weighted by Gasteiger charge is -2.17. The van der Waals surface area contributed by atoms with Crippen LogP contribution in [-0.4, -0.2) is 31.4 Å². The first kappa shape index (κ1) is 16.0. The molecule has 1 N–H and O–H groups in total. The van der Waals surface area contributed by atoms with Crippen molar-refractivity contribution in [3.63, 3.8) is 0 Å². The number of hydrogen-bond donors (Lipinski definition) is 1. The molecule has 0 amide bonds. The lowest BCUT2D eigenvalue weighted by atomic mass is 10.0. The molecule has 0 bridgehead atoms. The van der Waals surface area contributed by atoms with Crippen LogP contribution < -0.4 is 5.32 Å². The van der Waals surface area contributed by atoms with Crippen LogP contribution in [0.3, 0.4) is 0 Å². The molecule has 0 aliphatic heterocycles. The second-order valence-electron chi connectivity index (χ2n) is 5.97. The average Bonchev–Trinajstić information content (AvgIpc) is 3.04. The highest BCUT2D eigenvalue weighted by Crippen LogP contribution is 2.28. The molecule has 0 fully saturated rings. The van der Waals surface area contributed by atoms with Crippen molar-refractivity contribution < 1.29 is 0 Å². The van der Waals surface area contributed by atoms with Crippen molar-refractivity contribution in [1.82, 2.24) is 29.7 Å². The van der Waals surface area contributed by atoms with Crippen LogP contribution in [0.1, 0.15) is 56.1 Å². The van der Waals surface area contributed by atoms with Gasteiger partial charge in [0.15, 0.2) is 0 Å². The van der Waals surface area contributed by atoms with Gasteiger partial charge in [0.25, 0.3) is 0 Å². The summed E-state index contributed by atoms with van der Waals surface area (Å²) in [6, 6.07) is 0.178. The molecule has 0 saturated heterocycles. The van der Waals surface area contributed by atoms with E-state index in [1.807, 2.05) is 11.7 Å². The summed E-state index contributed by atoms with van der Waals surface area (Å²) in [7, 11) is 1.97. The topological polar surface area (TPSA) is 68.5 Å². The highest BCUT2D eigenvalue weighted by Gasteiger charge is 2.22. The Morgan fingerprint density at radius 1 is 1.29 bits per heavy atom. The van der Waals surface area contributed by atoms with E-state index in [0.29, 0.717) is 11.8 Å². The molecule has 1 atom stereocenters. The summed E-state index contributed by atoms with van der Waals surface area (Å²) in [5, 5.41) is 12.0. The van der Waals surface area contributed by atoms with E-state index in [4.69, 9.17) is 0 Å². The monoisotopic (exact) mass is 308 g/mol. The number of rotatable bonds is 7. The van der Waals surface area contributed by atoms with Crippen molar-refractivity contribution in [2.75, 3.05) is 7.05 Å². The second kappa shape index (κ2) is 7.09. The van der Waals surface area contributed by atoms with Crippen LogP contribution in [0.2, 0.25) is 0 Å². The molecule has 0 radical (unpaired) electrons. The smallest absolute Gasteiger partial charge is 0.138 e. The zero-order valence-corrected chi connectivity index (χ0v) is 14.2. The summed E-state index contributed by atoms with van der Waals surface area (Å²) in [6.45, 7) is 9.56. The maximum Gasteiger partial charge on any atom is 0.138 e. The van der Waals surface area contributed by atoms with Crippen molar-refractivity contribution in [3.05, 3.63) is 22.7 Å². The van der Waals surface area contributed by atoms with Gasteiger partial charge in [-0.15, -0.1) is 5.10 Å². The van der Waals surface area contributed by atoms with Crippen LogP contribution in [0.15, 0.2) is 6.33 Å². The minimum absolute atomic E-state index is 0.178. The molecule has 21 heavy (non-hydrogen) atoms. The lowest BCUT2D eigenvalue weighted by Crippen LogP contribution is -2.22. The van der Waals surface area contributed by atoms with Gasteiger partial charge in [0.2, 0.25) is 0 Å². The van der Waals surface area contributed by atoms with E-state index in [1.165, 1.54) is 16.4 Å². The van der Waals surface area contributed by atoms with E-state index in [9.17, 15) is 0 Å². The number of nitrogens with one attached hydrogen (secondary N) is 1. The summed E-state index contributed by atoms with van der Waals surface area (Å²) in [4.78, 5) is 5.62. The molecule has 0 aromatic carbocycles. The molecular weight excluding hydrogens is 284 g/mol. The standard InChI is InChI=1S/C14H24N6S/c1-9(2)7-20-12(16-8-17-20)6-11(15-5)14-13(10(3)4)18-19-21-14/h8-11,15H,6-7H2,1-5H3. The highest BCUT2D eigenvalue weighted by molar-refractivity contribution is 7.05. The van der Waals surface area contributed by atoms with Crippen LogP contribution in [0.5, 0.6) is 0 Å². The molecule has 2 aromatic rings. The molecule has 2 heterocycles. The minimum atomic E-state index is 0.178. The summed E-state index contributed by atoms with van der Waals surface area (Å²) in [5.41, 5.74) is 1.08. The summed E-state index contributed by atoms with van der Waals surface area (Å²) in [5.74, 6) is 1.93. The molecule has 0 spiro atoms. The molecule has 6 nitrogen and oxygen atoms in total. The normalized spacial score (nSPS) is 13.3. The largest absolute Gasteiger partial charge is 0.312 e. The van der Waals surface area contributed by atoms with Crippen LogP contribution >= 0.6 is 11.5 Å². The number of hydrogen-bond acceptors (Lipinski definition) is 6. The number of likely N-dealkylation sites (N-methyl/N-ethyl adjacent to an activating group) is 1. The first-order valence-electron chi connectivity index (χ1n) is 7.39. The lowest BCUT2D eigenvalue weighted by molar-refractivity contribution is 0.451. The highest BCUT2D eigenvalue weighted by atomic mass is 32.1. The zero-order valence-electron chi connectivity index (χ0n) is 13.4. The van der Waals surface area contributed by atoms with Crippen LogP contribution in [0.4, 0.5) is 0 Å². The van der Waals surface area contributed by atoms with Gasteiger partial charge in [-0.1, -0.05) is 32.2 Å². The summed E-state index contributed by atoms with van der Waals surface area (Å²) >= 11 is 1.47. The first-order chi connectivity index (χ1) is 10.0. The quantitative estimate of drug-likeness (QED) is 0.850. The van der Waals surface area contributed by atoms with Gasteiger partial charge in [0.1, 0.15) is 12.2 Å². The zero-order chi connectivity index (χ0) is 15.4. The van der Waals surface area contributed by atoms with Gasteiger partial charge < -0.3 is 5.32 Å². The Labute approximate surface area is 130 Å². The van der Waals surface area contributed by atoms with Crippen LogP contribution in [0.25, 0.3) is 0 Å². The van der Waals surface area contributed by atoms with E-state index < -0.39 is 0 Å². The second-order valence-corrected chi connectivity index (χ2v) is 6.76. The van der Waals surface area contributed by atoms with Gasteiger partial charge >= 0.3 is 0 Å². The maximum absolute atomic E-state index is 4.42. The number of aromatic nitrogens is 5. The Kier molecular flexibility index (Phi) is 5.41. The third-order valence-corrected chi connectivity index (χ3v) is 4.23. The maximum atomic E-state index is 4.42. The third kappa shape index (κ3) is 3.85. The SMILES string of the molecule is CNC(Cc1ncnn1CC(C)C)c1snnc1C(C)C. The first-order valence-corrected chi connectivity index (χ1v) is 8.16. The van der Waals surface area contributed by atoms with Gasteiger partial charge in [-0.3, -0.25) is 0 Å². The fraction of sp³-hybridized carbons (Fsp3) is 0.714. The third-order valence-electron chi connectivity index (χ3n) is 3.37. The molecule has 2 aromatic heterocycles. The van der Waals surface area contributed by atoms with Crippen molar-refractivity contribution >= 4 is 11.5 Å². The van der Waals surface area contributed by atoms with Crippen molar-refractivity contribution in [2.24, 2.45) is 5.92 Å². The molecule has 2 rings (SSSR count). The molecule has 1 unspecified atom stereocenters. The van der Waals surface area contributed by atoms with E-state index in [0.717, 1.165) is 24.5 Å². The van der Waals surface area contributed by atoms with E-state index in [2.05, 4.69) is 52.7 Å². The fourth-order valence-corrected chi connectivity index (χ4v) is 3.21. The predicted octanol–water partition coefficient (Wildman–Crippen LogP) is 2.41. The summed E-state index contributed by atoms with van der Waals surface area (Å²) < 4.78 is 6.12. The van der Waals surface area contributed by atoms with E-state index in [1.54, 1.807) is 6.33 Å². The Morgan fingerprint density at radius 2 is 2.05 bits per heavy atom. The molecule has 0 aliphatic rings. The van der Waals surface area contributed by atoms with Crippen molar-refractivity contribution in [3.8, 4) is 0 Å². The summed E-state index contributed by atoms with van der Waals surface area (Å²) in [6.07, 6.45) is 2.44. The molecule has 0 aliphatic carbocycles. The Bertz CT molecular complexity index is 559. The van der Waals surface area contributed by atoms with Gasteiger partial charge in [0.05, 0.1) is 16.6 Å². The molecular formula is C14H24N6S. The van der Waals surface area contributed by atoms with Crippen LogP contribution in [0, 0.1) is 5.92 Å². The van der Waals surface area contributed by atoms with Crippen molar-refractivity contribution in [1.29, 1.82) is 0 Å². The minimum Gasteiger partial charge on any atom is -0.312 e. The van der Waals surface area contributed by atoms with Gasteiger partial charge in [-0.25, -0.2) is 9.67 Å². The predicted molar refractivity (Wildman–Crippen MR) is 84.4 cm³/mol. The Morgan fingerprint density at radius 3 is 2.67 bits per heavy atom. The molecule has 116 valence electrons.